The maximum atomic E-state index is 5.95. The van der Waals surface area contributed by atoms with Crippen molar-refractivity contribution < 1.29 is 4.74 Å². The number of rotatable bonds is 2. The molecule has 3 heterocycles. The average molecular weight is 218 g/mol. The highest BCUT2D eigenvalue weighted by molar-refractivity contribution is 5.10. The van der Waals surface area contributed by atoms with Crippen molar-refractivity contribution in [2.24, 2.45) is 0 Å². The Morgan fingerprint density at radius 3 is 2.62 bits per heavy atom. The van der Waals surface area contributed by atoms with E-state index in [-0.39, 0.29) is 0 Å². The predicted octanol–water partition coefficient (Wildman–Crippen LogP) is 2.09. The number of pyridine rings is 1. The highest BCUT2D eigenvalue weighted by atomic mass is 16.5. The third-order valence-electron chi connectivity index (χ3n) is 3.98. The number of aromatic nitrogens is 1. The monoisotopic (exact) mass is 218 g/mol. The topological polar surface area (TPSA) is 25.4 Å². The van der Waals surface area contributed by atoms with Gasteiger partial charge in [-0.1, -0.05) is 6.07 Å². The van der Waals surface area contributed by atoms with Crippen LogP contribution >= 0.6 is 0 Å². The van der Waals surface area contributed by atoms with Crippen LogP contribution in [-0.2, 0) is 0 Å². The summed E-state index contributed by atoms with van der Waals surface area (Å²) in [6.07, 6.45) is 7.14. The zero-order chi connectivity index (χ0) is 11.0. The fraction of sp³-hybridized carbons (Fsp3) is 0.615. The minimum absolute atomic E-state index is 0.364. The predicted molar refractivity (Wildman–Crippen MR) is 62.5 cm³/mol. The van der Waals surface area contributed by atoms with Gasteiger partial charge >= 0.3 is 0 Å². The first-order valence-electron chi connectivity index (χ1n) is 6.12. The first-order valence-corrected chi connectivity index (χ1v) is 6.12. The van der Waals surface area contributed by atoms with Gasteiger partial charge in [0.2, 0.25) is 5.88 Å². The molecule has 86 valence electrons. The van der Waals surface area contributed by atoms with Gasteiger partial charge in [0, 0.05) is 24.3 Å². The second-order valence-corrected chi connectivity index (χ2v) is 4.93. The summed E-state index contributed by atoms with van der Waals surface area (Å²) in [7, 11) is 2.25. The molecular formula is C13H18N2O. The van der Waals surface area contributed by atoms with Crippen LogP contribution in [0.4, 0.5) is 0 Å². The lowest BCUT2D eigenvalue weighted by atomic mass is 10.0. The van der Waals surface area contributed by atoms with Gasteiger partial charge in [0.05, 0.1) is 0 Å². The molecule has 0 radical (unpaired) electrons. The summed E-state index contributed by atoms with van der Waals surface area (Å²) < 4.78 is 5.95. The molecule has 2 saturated heterocycles. The number of hydrogen-bond donors (Lipinski definition) is 0. The Labute approximate surface area is 96.4 Å². The molecule has 0 unspecified atom stereocenters. The van der Waals surface area contributed by atoms with E-state index in [0.717, 1.165) is 30.8 Å². The second-order valence-electron chi connectivity index (χ2n) is 4.93. The zero-order valence-electron chi connectivity index (χ0n) is 9.67. The van der Waals surface area contributed by atoms with Gasteiger partial charge in [0.1, 0.15) is 6.10 Å². The lowest BCUT2D eigenvalue weighted by molar-refractivity contribution is 0.0633. The van der Waals surface area contributed by atoms with Gasteiger partial charge in [-0.05, 0) is 38.8 Å². The first-order chi connectivity index (χ1) is 7.83. The van der Waals surface area contributed by atoms with Crippen LogP contribution in [-0.4, -0.2) is 35.1 Å². The number of ether oxygens (including phenoxy) is 1. The summed E-state index contributed by atoms with van der Waals surface area (Å²) >= 11 is 0. The second kappa shape index (κ2) is 4.06. The Bertz CT molecular complexity index is 340. The standard InChI is InChI=1S/C13H18N2O/c1-15-10-5-6-11(15)9-12(8-10)16-13-4-2-3-7-14-13/h2-4,7,10-12H,5-6,8-9H2,1H3/t10-,11+,12+. The summed E-state index contributed by atoms with van der Waals surface area (Å²) in [4.78, 5) is 6.75. The van der Waals surface area contributed by atoms with E-state index in [1.807, 2.05) is 18.2 Å². The van der Waals surface area contributed by atoms with Gasteiger partial charge in [-0.3, -0.25) is 0 Å². The molecule has 3 atom stereocenters. The molecule has 3 nitrogen and oxygen atoms in total. The Kier molecular flexibility index (Phi) is 2.56. The molecular weight excluding hydrogens is 200 g/mol. The highest BCUT2D eigenvalue weighted by Gasteiger charge is 2.39. The number of hydrogen-bond acceptors (Lipinski definition) is 3. The third kappa shape index (κ3) is 1.80. The van der Waals surface area contributed by atoms with Crippen molar-refractivity contribution >= 4 is 0 Å². The Hall–Kier alpha value is -1.09. The van der Waals surface area contributed by atoms with Crippen LogP contribution in [0.25, 0.3) is 0 Å². The molecule has 0 saturated carbocycles. The molecule has 3 heteroatoms. The fourth-order valence-corrected chi connectivity index (χ4v) is 3.05. The maximum absolute atomic E-state index is 5.95. The molecule has 3 rings (SSSR count). The molecule has 0 aromatic carbocycles. The molecule has 16 heavy (non-hydrogen) atoms. The molecule has 0 aliphatic carbocycles. The molecule has 0 amide bonds. The molecule has 2 bridgehead atoms. The minimum Gasteiger partial charge on any atom is -0.474 e. The smallest absolute Gasteiger partial charge is 0.213 e. The molecule has 0 spiro atoms. The van der Waals surface area contributed by atoms with Gasteiger partial charge in [-0.2, -0.15) is 0 Å². The van der Waals surface area contributed by atoms with E-state index in [1.54, 1.807) is 6.20 Å². The molecule has 2 aliphatic rings. The van der Waals surface area contributed by atoms with Crippen LogP contribution in [0.15, 0.2) is 24.4 Å². The maximum Gasteiger partial charge on any atom is 0.213 e. The van der Waals surface area contributed by atoms with Crippen LogP contribution < -0.4 is 4.74 Å². The van der Waals surface area contributed by atoms with Crippen LogP contribution in [0.1, 0.15) is 25.7 Å². The summed E-state index contributed by atoms with van der Waals surface area (Å²) in [5.74, 6) is 0.774. The lowest BCUT2D eigenvalue weighted by Crippen LogP contribution is -2.43. The Balaban J connectivity index is 1.66. The molecule has 2 fully saturated rings. The highest BCUT2D eigenvalue weighted by Crippen LogP contribution is 2.35. The zero-order valence-corrected chi connectivity index (χ0v) is 9.67. The van der Waals surface area contributed by atoms with Gasteiger partial charge in [0.15, 0.2) is 0 Å². The number of fused-ring (bicyclic) bond motifs is 2. The van der Waals surface area contributed by atoms with Crippen LogP contribution in [0.2, 0.25) is 0 Å². The minimum atomic E-state index is 0.364. The number of piperidine rings is 1. The van der Waals surface area contributed by atoms with Crippen molar-refractivity contribution in [1.29, 1.82) is 0 Å². The van der Waals surface area contributed by atoms with Gasteiger partial charge < -0.3 is 9.64 Å². The van der Waals surface area contributed by atoms with Crippen molar-refractivity contribution in [3.8, 4) is 5.88 Å². The Morgan fingerprint density at radius 1 is 1.25 bits per heavy atom. The summed E-state index contributed by atoms with van der Waals surface area (Å²) in [5, 5.41) is 0. The van der Waals surface area contributed by atoms with Gasteiger partial charge in [-0.15, -0.1) is 0 Å². The van der Waals surface area contributed by atoms with E-state index in [4.69, 9.17) is 4.74 Å². The van der Waals surface area contributed by atoms with Gasteiger partial charge in [0.25, 0.3) is 0 Å². The van der Waals surface area contributed by atoms with Gasteiger partial charge in [-0.25, -0.2) is 4.98 Å². The van der Waals surface area contributed by atoms with E-state index in [0.29, 0.717) is 6.10 Å². The van der Waals surface area contributed by atoms with Crippen LogP contribution in [0, 0.1) is 0 Å². The summed E-state index contributed by atoms with van der Waals surface area (Å²) in [6, 6.07) is 7.30. The van der Waals surface area contributed by atoms with E-state index in [9.17, 15) is 0 Å². The van der Waals surface area contributed by atoms with E-state index in [2.05, 4.69) is 16.9 Å². The van der Waals surface area contributed by atoms with Crippen molar-refractivity contribution in [2.75, 3.05) is 7.05 Å². The molecule has 0 N–H and O–H groups in total. The number of nitrogens with zero attached hydrogens (tertiary/aromatic N) is 2. The van der Waals surface area contributed by atoms with Crippen molar-refractivity contribution in [1.82, 2.24) is 9.88 Å². The third-order valence-corrected chi connectivity index (χ3v) is 3.98. The van der Waals surface area contributed by atoms with Crippen LogP contribution in [0.5, 0.6) is 5.88 Å². The molecule has 1 aromatic heterocycles. The van der Waals surface area contributed by atoms with Crippen LogP contribution in [0.3, 0.4) is 0 Å². The molecule has 1 aromatic rings. The fourth-order valence-electron chi connectivity index (χ4n) is 3.05. The first kappa shape index (κ1) is 10.1. The normalized spacial score (nSPS) is 33.9. The quantitative estimate of drug-likeness (QED) is 0.760. The van der Waals surface area contributed by atoms with E-state index < -0.39 is 0 Å². The van der Waals surface area contributed by atoms with Crippen molar-refractivity contribution in [3.05, 3.63) is 24.4 Å². The Morgan fingerprint density at radius 2 is 2.00 bits per heavy atom. The largest absolute Gasteiger partial charge is 0.474 e. The molecule has 2 aliphatic heterocycles. The lowest BCUT2D eigenvalue weighted by Gasteiger charge is -2.35. The van der Waals surface area contributed by atoms with Crippen molar-refractivity contribution in [2.45, 2.75) is 43.9 Å². The summed E-state index contributed by atoms with van der Waals surface area (Å²) in [5.41, 5.74) is 0. The van der Waals surface area contributed by atoms with E-state index >= 15 is 0 Å². The average Bonchev–Trinajstić information content (AvgIpc) is 2.54. The SMILES string of the molecule is CN1[C@@H]2CC[C@H]1C[C@@H](Oc1ccccn1)C2. The summed E-state index contributed by atoms with van der Waals surface area (Å²) in [6.45, 7) is 0. The van der Waals surface area contributed by atoms with Crippen molar-refractivity contribution in [3.63, 3.8) is 0 Å². The van der Waals surface area contributed by atoms with E-state index in [1.165, 1.54) is 12.8 Å².